The van der Waals surface area contributed by atoms with E-state index in [1.807, 2.05) is 4.90 Å². The summed E-state index contributed by atoms with van der Waals surface area (Å²) in [4.78, 5) is 19.6. The maximum atomic E-state index is 13.3. The fraction of sp³-hybridized carbons (Fsp3) is 0.350. The molecule has 3 aromatic heterocycles. The van der Waals surface area contributed by atoms with Gasteiger partial charge >= 0.3 is 6.18 Å². The Morgan fingerprint density at radius 3 is 2.72 bits per heavy atom. The number of nitrogens with zero attached hydrogens (tertiary/aromatic N) is 7. The molecule has 1 N–H and O–H groups in total. The molecule has 1 fully saturated rings. The molecule has 5 rings (SSSR count). The number of rotatable bonds is 4. The minimum absolute atomic E-state index is 0.0159. The van der Waals surface area contributed by atoms with Gasteiger partial charge in [-0.3, -0.25) is 9.36 Å². The van der Waals surface area contributed by atoms with Crippen molar-refractivity contribution in [3.05, 3.63) is 58.4 Å². The minimum Gasteiger partial charge on any atom is -0.395 e. The van der Waals surface area contributed by atoms with E-state index in [2.05, 4.69) is 15.3 Å². The highest BCUT2D eigenvalue weighted by atomic mass is 19.4. The zero-order valence-corrected chi connectivity index (χ0v) is 16.7. The molecule has 1 aliphatic heterocycles. The van der Waals surface area contributed by atoms with Crippen molar-refractivity contribution >= 4 is 22.4 Å². The third-order valence-corrected chi connectivity index (χ3v) is 5.56. The third-order valence-electron chi connectivity index (χ3n) is 5.56. The van der Waals surface area contributed by atoms with Crippen molar-refractivity contribution in [3.63, 3.8) is 0 Å². The van der Waals surface area contributed by atoms with Gasteiger partial charge in [0.05, 0.1) is 30.1 Å². The molecule has 1 atom stereocenters. The molecule has 1 aromatic carbocycles. The number of hydrogen-bond acceptors (Lipinski definition) is 7. The largest absolute Gasteiger partial charge is 0.453 e. The van der Waals surface area contributed by atoms with E-state index >= 15 is 0 Å². The molecule has 1 unspecified atom stereocenters. The number of aliphatic hydroxyl groups is 1. The second-order valence-electron chi connectivity index (χ2n) is 7.50. The van der Waals surface area contributed by atoms with E-state index < -0.39 is 18.0 Å². The molecule has 0 bridgehead atoms. The van der Waals surface area contributed by atoms with Gasteiger partial charge in [0.1, 0.15) is 11.6 Å². The SMILES string of the molecule is O=c1c2ccccc2nc(C2CCCN2c2ccc3nnc(C(F)(F)F)n3n2)n1CCO. The smallest absolute Gasteiger partial charge is 0.395 e. The van der Waals surface area contributed by atoms with Crippen LogP contribution in [0.5, 0.6) is 0 Å². The lowest BCUT2D eigenvalue weighted by atomic mass is 10.1. The normalized spacial score (nSPS) is 17.0. The molecule has 1 aliphatic rings. The molecule has 1 saturated heterocycles. The first-order chi connectivity index (χ1) is 15.4. The average molecular weight is 445 g/mol. The first-order valence-corrected chi connectivity index (χ1v) is 10.0. The summed E-state index contributed by atoms with van der Waals surface area (Å²) in [5.74, 6) is -0.462. The van der Waals surface area contributed by atoms with Gasteiger partial charge in [-0.25, -0.2) is 4.98 Å². The van der Waals surface area contributed by atoms with Gasteiger partial charge in [-0.15, -0.1) is 15.3 Å². The molecule has 0 saturated carbocycles. The lowest BCUT2D eigenvalue weighted by Crippen LogP contribution is -2.33. The number of benzene rings is 1. The van der Waals surface area contributed by atoms with Crippen LogP contribution in [0.15, 0.2) is 41.2 Å². The number of hydrogen-bond donors (Lipinski definition) is 1. The Hall–Kier alpha value is -3.54. The highest BCUT2D eigenvalue weighted by molar-refractivity contribution is 5.77. The molecule has 0 aliphatic carbocycles. The molecule has 12 heteroatoms. The molecular formula is C20H18F3N7O2. The van der Waals surface area contributed by atoms with Crippen molar-refractivity contribution in [3.8, 4) is 0 Å². The third kappa shape index (κ3) is 3.27. The quantitative estimate of drug-likeness (QED) is 0.514. The number of halogens is 3. The molecule has 4 aromatic rings. The van der Waals surface area contributed by atoms with Crippen LogP contribution in [-0.4, -0.2) is 47.6 Å². The van der Waals surface area contributed by atoms with Crippen molar-refractivity contribution in [2.45, 2.75) is 31.6 Å². The Morgan fingerprint density at radius 1 is 1.12 bits per heavy atom. The second kappa shape index (κ2) is 7.55. The lowest BCUT2D eigenvalue weighted by molar-refractivity contribution is -0.146. The van der Waals surface area contributed by atoms with Gasteiger partial charge in [-0.2, -0.15) is 17.7 Å². The van der Waals surface area contributed by atoms with Crippen molar-refractivity contribution in [1.82, 2.24) is 29.4 Å². The van der Waals surface area contributed by atoms with Crippen molar-refractivity contribution in [2.24, 2.45) is 0 Å². The summed E-state index contributed by atoms with van der Waals surface area (Å²) in [5, 5.41) is 20.9. The van der Waals surface area contributed by atoms with Crippen LogP contribution in [0.4, 0.5) is 19.0 Å². The summed E-state index contributed by atoms with van der Waals surface area (Å²) in [6, 6.07) is 9.55. The van der Waals surface area contributed by atoms with Crippen LogP contribution >= 0.6 is 0 Å². The van der Waals surface area contributed by atoms with E-state index in [-0.39, 0.29) is 24.4 Å². The van der Waals surface area contributed by atoms with Crippen LogP contribution in [0.2, 0.25) is 0 Å². The van der Waals surface area contributed by atoms with E-state index in [0.717, 1.165) is 6.42 Å². The molecule has 0 amide bonds. The van der Waals surface area contributed by atoms with Crippen LogP contribution < -0.4 is 10.5 Å². The monoisotopic (exact) mass is 445 g/mol. The first-order valence-electron chi connectivity index (χ1n) is 10.0. The number of aliphatic hydroxyl groups excluding tert-OH is 1. The summed E-state index contributed by atoms with van der Waals surface area (Å²) >= 11 is 0. The van der Waals surface area contributed by atoms with E-state index in [1.165, 1.54) is 10.6 Å². The summed E-state index contributed by atoms with van der Waals surface area (Å²) in [7, 11) is 0. The highest BCUT2D eigenvalue weighted by Gasteiger charge is 2.38. The van der Waals surface area contributed by atoms with Crippen molar-refractivity contribution in [2.75, 3.05) is 18.1 Å². The van der Waals surface area contributed by atoms with Crippen LogP contribution in [0, 0.1) is 0 Å². The molecule has 0 spiro atoms. The van der Waals surface area contributed by atoms with Gasteiger partial charge in [0.15, 0.2) is 5.65 Å². The molecular weight excluding hydrogens is 427 g/mol. The van der Waals surface area contributed by atoms with Crippen LogP contribution in [0.3, 0.4) is 0 Å². The first kappa shape index (κ1) is 20.4. The Bertz CT molecular complexity index is 1370. The number of alkyl halides is 3. The molecule has 4 heterocycles. The van der Waals surface area contributed by atoms with Gasteiger partial charge in [-0.05, 0) is 37.1 Å². The lowest BCUT2D eigenvalue weighted by Gasteiger charge is -2.27. The molecule has 166 valence electrons. The maximum absolute atomic E-state index is 13.3. The summed E-state index contributed by atoms with van der Waals surface area (Å²) < 4.78 is 42.0. The van der Waals surface area contributed by atoms with E-state index in [9.17, 15) is 23.1 Å². The number of fused-ring (bicyclic) bond motifs is 2. The average Bonchev–Trinajstić information content (AvgIpc) is 3.42. The molecule has 32 heavy (non-hydrogen) atoms. The highest BCUT2D eigenvalue weighted by Crippen LogP contribution is 2.35. The zero-order valence-electron chi connectivity index (χ0n) is 16.7. The fourth-order valence-electron chi connectivity index (χ4n) is 4.17. The summed E-state index contributed by atoms with van der Waals surface area (Å²) in [5.41, 5.74) is 0.237. The Kier molecular flexibility index (Phi) is 4.81. The van der Waals surface area contributed by atoms with E-state index in [1.54, 1.807) is 30.3 Å². The van der Waals surface area contributed by atoms with E-state index in [4.69, 9.17) is 4.98 Å². The molecule has 9 nitrogen and oxygen atoms in total. The Balaban J connectivity index is 1.64. The number of anilines is 1. The van der Waals surface area contributed by atoms with Gasteiger partial charge in [0, 0.05) is 6.54 Å². The summed E-state index contributed by atoms with van der Waals surface area (Å²) in [6.07, 6.45) is -3.33. The molecule has 0 radical (unpaired) electrons. The van der Waals surface area contributed by atoms with Crippen LogP contribution in [0.1, 0.15) is 30.5 Å². The second-order valence-corrected chi connectivity index (χ2v) is 7.50. The number of para-hydroxylation sites is 1. The maximum Gasteiger partial charge on any atom is 0.453 e. The number of aromatic nitrogens is 6. The fourth-order valence-corrected chi connectivity index (χ4v) is 4.17. The van der Waals surface area contributed by atoms with Gasteiger partial charge in [-0.1, -0.05) is 12.1 Å². The topological polar surface area (TPSA) is 101 Å². The predicted octanol–water partition coefficient (Wildman–Crippen LogP) is 2.19. The predicted molar refractivity (Wildman–Crippen MR) is 108 cm³/mol. The minimum atomic E-state index is -4.70. The van der Waals surface area contributed by atoms with E-state index in [0.29, 0.717) is 40.0 Å². The van der Waals surface area contributed by atoms with Gasteiger partial charge in [0.25, 0.3) is 11.4 Å². The van der Waals surface area contributed by atoms with Gasteiger partial charge < -0.3 is 10.0 Å². The van der Waals surface area contributed by atoms with Crippen molar-refractivity contribution in [1.29, 1.82) is 0 Å². The van der Waals surface area contributed by atoms with Crippen LogP contribution in [-0.2, 0) is 12.7 Å². The van der Waals surface area contributed by atoms with Crippen LogP contribution in [0.25, 0.3) is 16.6 Å². The Labute approximate surface area is 178 Å². The van der Waals surface area contributed by atoms with Crippen molar-refractivity contribution < 1.29 is 18.3 Å². The van der Waals surface area contributed by atoms with Gasteiger partial charge in [0.2, 0.25) is 0 Å². The zero-order chi connectivity index (χ0) is 22.5. The summed E-state index contributed by atoms with van der Waals surface area (Å²) in [6.45, 7) is 0.334. The standard InChI is InChI=1S/C20H18F3N7O2/c21-20(22,23)19-26-25-15-7-8-16(27-30(15)19)28-9-3-6-14(28)17-24-13-5-2-1-4-12(13)18(32)29(17)10-11-31/h1-2,4-5,7-8,14,31H,3,6,9-11H2. The Morgan fingerprint density at radius 2 is 1.94 bits per heavy atom.